The first-order chi connectivity index (χ1) is 8.60. The van der Waals surface area contributed by atoms with Crippen LogP contribution in [0, 0.1) is 11.7 Å². The summed E-state index contributed by atoms with van der Waals surface area (Å²) in [5.41, 5.74) is 6.85. The number of rotatable bonds is 4. The monoisotopic (exact) mass is 268 g/mol. The zero-order chi connectivity index (χ0) is 13.1. The van der Waals surface area contributed by atoms with Crippen molar-refractivity contribution in [3.8, 4) is 0 Å². The van der Waals surface area contributed by atoms with Crippen molar-refractivity contribution in [2.75, 3.05) is 19.7 Å². The fourth-order valence-electron chi connectivity index (χ4n) is 2.30. The van der Waals surface area contributed by atoms with Gasteiger partial charge < -0.3 is 10.8 Å². The molecule has 1 fully saturated rings. The molecule has 0 amide bonds. The van der Waals surface area contributed by atoms with Gasteiger partial charge in [-0.05, 0) is 37.1 Å². The lowest BCUT2D eigenvalue weighted by Gasteiger charge is -2.16. The normalized spacial score (nSPS) is 20.2. The summed E-state index contributed by atoms with van der Waals surface area (Å²) >= 11 is 4.89. The van der Waals surface area contributed by atoms with Crippen molar-refractivity contribution in [3.05, 3.63) is 35.1 Å². The van der Waals surface area contributed by atoms with Gasteiger partial charge in [0.2, 0.25) is 0 Å². The molecule has 0 radical (unpaired) electrons. The summed E-state index contributed by atoms with van der Waals surface area (Å²) in [4.78, 5) is 2.42. The molecule has 1 unspecified atom stereocenters. The molecule has 3 nitrogen and oxygen atoms in total. The number of aliphatic hydroxyl groups is 1. The largest absolute Gasteiger partial charge is 0.396 e. The molecule has 0 saturated carbocycles. The predicted molar refractivity (Wildman–Crippen MR) is 72.8 cm³/mol. The van der Waals surface area contributed by atoms with Crippen LogP contribution in [-0.4, -0.2) is 34.7 Å². The van der Waals surface area contributed by atoms with Crippen LogP contribution in [-0.2, 0) is 6.54 Å². The van der Waals surface area contributed by atoms with Crippen LogP contribution in [0.2, 0.25) is 0 Å². The average Bonchev–Trinajstić information content (AvgIpc) is 2.79. The van der Waals surface area contributed by atoms with E-state index in [0.29, 0.717) is 23.6 Å². The Balaban J connectivity index is 2.09. The Morgan fingerprint density at radius 1 is 1.56 bits per heavy atom. The van der Waals surface area contributed by atoms with Crippen molar-refractivity contribution in [2.45, 2.75) is 13.0 Å². The van der Waals surface area contributed by atoms with Crippen LogP contribution in [0.5, 0.6) is 0 Å². The molecule has 0 spiro atoms. The Labute approximate surface area is 111 Å². The maximum Gasteiger partial charge on any atom is 0.127 e. The van der Waals surface area contributed by atoms with Crippen LogP contribution in [0.15, 0.2) is 18.2 Å². The van der Waals surface area contributed by atoms with Gasteiger partial charge in [0.1, 0.15) is 10.8 Å². The van der Waals surface area contributed by atoms with Crippen LogP contribution >= 0.6 is 12.2 Å². The van der Waals surface area contributed by atoms with E-state index in [9.17, 15) is 4.39 Å². The van der Waals surface area contributed by atoms with E-state index in [2.05, 4.69) is 4.90 Å². The van der Waals surface area contributed by atoms with Gasteiger partial charge in [-0.1, -0.05) is 12.2 Å². The van der Waals surface area contributed by atoms with Gasteiger partial charge in [0.05, 0.1) is 0 Å². The van der Waals surface area contributed by atoms with E-state index >= 15 is 0 Å². The molecule has 18 heavy (non-hydrogen) atoms. The number of nitrogens with zero attached hydrogens (tertiary/aromatic N) is 1. The third-order valence-corrected chi connectivity index (χ3v) is 3.59. The molecule has 1 aromatic rings. The van der Waals surface area contributed by atoms with E-state index in [1.165, 1.54) is 6.07 Å². The molecule has 0 bridgehead atoms. The number of hydrogen-bond donors (Lipinski definition) is 2. The number of thiocarbonyl (C=S) groups is 1. The molecular formula is C13H17FN2OS. The Morgan fingerprint density at radius 2 is 2.33 bits per heavy atom. The van der Waals surface area contributed by atoms with Gasteiger partial charge in [-0.2, -0.15) is 0 Å². The Bertz CT molecular complexity index is 453. The second-order valence-electron chi connectivity index (χ2n) is 4.74. The zero-order valence-electron chi connectivity index (χ0n) is 10.1. The number of likely N-dealkylation sites (tertiary alicyclic amines) is 1. The number of nitrogens with two attached hydrogens (primary N) is 1. The minimum Gasteiger partial charge on any atom is -0.396 e. The second-order valence-corrected chi connectivity index (χ2v) is 5.18. The molecular weight excluding hydrogens is 251 g/mol. The van der Waals surface area contributed by atoms with Gasteiger partial charge in [-0.15, -0.1) is 0 Å². The maximum atomic E-state index is 13.7. The third-order valence-electron chi connectivity index (χ3n) is 3.35. The van der Waals surface area contributed by atoms with Crippen LogP contribution in [0.25, 0.3) is 0 Å². The summed E-state index contributed by atoms with van der Waals surface area (Å²) in [5.74, 6) is 0.0780. The molecule has 1 aromatic carbocycles. The highest BCUT2D eigenvalue weighted by molar-refractivity contribution is 7.80. The first kappa shape index (κ1) is 13.4. The third kappa shape index (κ3) is 3.04. The molecule has 3 N–H and O–H groups in total. The molecule has 1 aliphatic heterocycles. The van der Waals surface area contributed by atoms with Gasteiger partial charge in [-0.25, -0.2) is 4.39 Å². The Kier molecular flexibility index (Phi) is 4.27. The number of hydrogen-bond acceptors (Lipinski definition) is 3. The molecule has 5 heteroatoms. The molecule has 0 aromatic heterocycles. The van der Waals surface area contributed by atoms with Crippen molar-refractivity contribution in [2.24, 2.45) is 11.7 Å². The van der Waals surface area contributed by atoms with Crippen molar-refractivity contribution in [3.63, 3.8) is 0 Å². The summed E-state index contributed by atoms with van der Waals surface area (Å²) in [6.45, 7) is 2.44. The highest BCUT2D eigenvalue weighted by atomic mass is 32.1. The molecule has 98 valence electrons. The molecule has 2 rings (SSSR count). The predicted octanol–water partition coefficient (Wildman–Crippen LogP) is 1.27. The van der Waals surface area contributed by atoms with Crippen molar-refractivity contribution in [1.82, 2.24) is 4.90 Å². The van der Waals surface area contributed by atoms with Crippen molar-refractivity contribution < 1.29 is 9.50 Å². The van der Waals surface area contributed by atoms with Crippen LogP contribution in [0.4, 0.5) is 4.39 Å². The first-order valence-corrected chi connectivity index (χ1v) is 6.42. The number of benzene rings is 1. The molecule has 1 heterocycles. The van der Waals surface area contributed by atoms with E-state index < -0.39 is 0 Å². The zero-order valence-corrected chi connectivity index (χ0v) is 10.9. The standard InChI is InChI=1S/C13H17FN2OS/c14-12-2-1-10(13(15)18)5-11(12)7-16-4-3-9(6-16)8-17/h1-2,5,9,17H,3-4,6-8H2,(H2,15,18). The lowest BCUT2D eigenvalue weighted by atomic mass is 10.1. The van der Waals surface area contributed by atoms with Gasteiger partial charge in [-0.3, -0.25) is 4.90 Å². The topological polar surface area (TPSA) is 49.5 Å². The van der Waals surface area contributed by atoms with Crippen molar-refractivity contribution in [1.29, 1.82) is 0 Å². The maximum absolute atomic E-state index is 13.7. The van der Waals surface area contributed by atoms with Crippen LogP contribution < -0.4 is 5.73 Å². The number of aliphatic hydroxyl groups excluding tert-OH is 1. The summed E-state index contributed by atoms with van der Waals surface area (Å²) < 4.78 is 13.7. The summed E-state index contributed by atoms with van der Waals surface area (Å²) in [5, 5.41) is 9.09. The van der Waals surface area contributed by atoms with E-state index in [4.69, 9.17) is 23.1 Å². The summed E-state index contributed by atoms with van der Waals surface area (Å²) in [6, 6.07) is 4.72. The highest BCUT2D eigenvalue weighted by Crippen LogP contribution is 2.20. The first-order valence-electron chi connectivity index (χ1n) is 6.01. The molecule has 1 aliphatic rings. The van der Waals surface area contributed by atoms with Gasteiger partial charge in [0.25, 0.3) is 0 Å². The Hall–Kier alpha value is -1.04. The van der Waals surface area contributed by atoms with E-state index in [-0.39, 0.29) is 17.4 Å². The molecule has 0 aliphatic carbocycles. The fourth-order valence-corrected chi connectivity index (χ4v) is 2.42. The van der Waals surface area contributed by atoms with E-state index in [0.717, 1.165) is 19.5 Å². The lowest BCUT2D eigenvalue weighted by Crippen LogP contribution is -2.22. The van der Waals surface area contributed by atoms with Gasteiger partial charge in [0.15, 0.2) is 0 Å². The van der Waals surface area contributed by atoms with E-state index in [1.807, 2.05) is 0 Å². The quantitative estimate of drug-likeness (QED) is 0.808. The van der Waals surface area contributed by atoms with Crippen LogP contribution in [0.1, 0.15) is 17.5 Å². The van der Waals surface area contributed by atoms with Crippen molar-refractivity contribution >= 4 is 17.2 Å². The number of halogens is 1. The highest BCUT2D eigenvalue weighted by Gasteiger charge is 2.22. The van der Waals surface area contributed by atoms with Crippen LogP contribution in [0.3, 0.4) is 0 Å². The second kappa shape index (κ2) is 5.73. The average molecular weight is 268 g/mol. The lowest BCUT2D eigenvalue weighted by molar-refractivity contribution is 0.219. The molecule has 1 saturated heterocycles. The Morgan fingerprint density at radius 3 is 2.94 bits per heavy atom. The molecule has 1 atom stereocenters. The van der Waals surface area contributed by atoms with Gasteiger partial charge >= 0.3 is 0 Å². The fraction of sp³-hybridized carbons (Fsp3) is 0.462. The minimum absolute atomic E-state index is 0.200. The smallest absolute Gasteiger partial charge is 0.127 e. The summed E-state index contributed by atoms with van der Waals surface area (Å²) in [7, 11) is 0. The minimum atomic E-state index is -0.234. The van der Waals surface area contributed by atoms with E-state index in [1.54, 1.807) is 12.1 Å². The summed E-state index contributed by atoms with van der Waals surface area (Å²) in [6.07, 6.45) is 0.965. The van der Waals surface area contributed by atoms with Gasteiger partial charge in [0, 0.05) is 30.8 Å². The SMILES string of the molecule is NC(=S)c1ccc(F)c(CN2CCC(CO)C2)c1.